The van der Waals surface area contributed by atoms with Crippen molar-refractivity contribution in [2.45, 2.75) is 25.3 Å². The molecule has 5 heterocycles. The standard InChI is InChI=1S/C21H22N6/c1-2-8-22-20(5-1)27-15-16(12-25-27)14-26-10-6-17(7-11-26)18-13-24-19-4-3-9-23-21(18)19/h1-5,8-9,12-13,15,17,24H,6-7,10-11,14H2. The van der Waals surface area contributed by atoms with Crippen LogP contribution in [0.3, 0.4) is 0 Å². The number of H-pyrrole nitrogens is 1. The minimum absolute atomic E-state index is 0.584. The predicted molar refractivity (Wildman–Crippen MR) is 105 cm³/mol. The van der Waals surface area contributed by atoms with Gasteiger partial charge in [0.1, 0.15) is 0 Å². The third-order valence-corrected chi connectivity index (χ3v) is 5.42. The van der Waals surface area contributed by atoms with Crippen LogP contribution in [0, 0.1) is 0 Å². The Kier molecular flexibility index (Phi) is 4.18. The van der Waals surface area contributed by atoms with Crippen LogP contribution < -0.4 is 0 Å². The Morgan fingerprint density at radius 2 is 1.93 bits per heavy atom. The van der Waals surface area contributed by atoms with Gasteiger partial charge in [0.2, 0.25) is 0 Å². The summed E-state index contributed by atoms with van der Waals surface area (Å²) >= 11 is 0. The van der Waals surface area contributed by atoms with E-state index >= 15 is 0 Å². The summed E-state index contributed by atoms with van der Waals surface area (Å²) in [5, 5.41) is 4.46. The molecule has 1 fully saturated rings. The van der Waals surface area contributed by atoms with E-state index in [1.54, 1.807) is 6.20 Å². The van der Waals surface area contributed by atoms with Crippen molar-refractivity contribution in [2.75, 3.05) is 13.1 Å². The van der Waals surface area contributed by atoms with E-state index in [0.29, 0.717) is 5.92 Å². The highest BCUT2D eigenvalue weighted by molar-refractivity contribution is 5.79. The molecule has 4 aromatic heterocycles. The van der Waals surface area contributed by atoms with E-state index in [9.17, 15) is 0 Å². The molecule has 6 nitrogen and oxygen atoms in total. The van der Waals surface area contributed by atoms with Crippen LogP contribution in [0.2, 0.25) is 0 Å². The van der Waals surface area contributed by atoms with Crippen LogP contribution in [0.15, 0.2) is 61.3 Å². The fourth-order valence-corrected chi connectivity index (χ4v) is 4.00. The molecule has 5 rings (SSSR count). The topological polar surface area (TPSA) is 62.6 Å². The van der Waals surface area contributed by atoms with Crippen LogP contribution in [0.1, 0.15) is 29.9 Å². The van der Waals surface area contributed by atoms with Crippen molar-refractivity contribution in [1.82, 2.24) is 29.6 Å². The van der Waals surface area contributed by atoms with Crippen molar-refractivity contribution in [2.24, 2.45) is 0 Å². The smallest absolute Gasteiger partial charge is 0.153 e. The molecule has 0 amide bonds. The zero-order valence-corrected chi connectivity index (χ0v) is 15.1. The first kappa shape index (κ1) is 16.2. The highest BCUT2D eigenvalue weighted by Crippen LogP contribution is 2.32. The van der Waals surface area contributed by atoms with Gasteiger partial charge in [-0.05, 0) is 61.7 Å². The summed E-state index contributed by atoms with van der Waals surface area (Å²) in [6, 6.07) is 9.95. The van der Waals surface area contributed by atoms with Gasteiger partial charge in [0.15, 0.2) is 5.82 Å². The van der Waals surface area contributed by atoms with Crippen LogP contribution in [-0.2, 0) is 6.54 Å². The molecule has 136 valence electrons. The van der Waals surface area contributed by atoms with Gasteiger partial charge >= 0.3 is 0 Å². The average molecular weight is 358 g/mol. The Bertz CT molecular complexity index is 1030. The number of likely N-dealkylation sites (tertiary alicyclic amines) is 1. The summed E-state index contributed by atoms with van der Waals surface area (Å²) in [7, 11) is 0. The van der Waals surface area contributed by atoms with E-state index in [0.717, 1.165) is 49.3 Å². The largest absolute Gasteiger partial charge is 0.360 e. The Morgan fingerprint density at radius 1 is 1.04 bits per heavy atom. The number of fused-ring (bicyclic) bond motifs is 1. The lowest BCUT2D eigenvalue weighted by molar-refractivity contribution is 0.205. The molecular formula is C21H22N6. The zero-order chi connectivity index (χ0) is 18.1. The zero-order valence-electron chi connectivity index (χ0n) is 15.1. The monoisotopic (exact) mass is 358 g/mol. The summed E-state index contributed by atoms with van der Waals surface area (Å²) in [5.74, 6) is 1.44. The number of aromatic nitrogens is 5. The highest BCUT2D eigenvalue weighted by atomic mass is 15.3. The van der Waals surface area contributed by atoms with Crippen LogP contribution in [0.4, 0.5) is 0 Å². The first-order chi connectivity index (χ1) is 13.4. The van der Waals surface area contributed by atoms with Crippen LogP contribution in [0.25, 0.3) is 16.9 Å². The van der Waals surface area contributed by atoms with E-state index in [-0.39, 0.29) is 0 Å². The van der Waals surface area contributed by atoms with Gasteiger partial charge in [0, 0.05) is 36.9 Å². The second-order valence-corrected chi connectivity index (χ2v) is 7.18. The molecule has 0 aliphatic carbocycles. The molecule has 4 aromatic rings. The van der Waals surface area contributed by atoms with Gasteiger partial charge in [0.05, 0.1) is 17.2 Å². The molecule has 0 bridgehead atoms. The summed E-state index contributed by atoms with van der Waals surface area (Å²) < 4.78 is 1.85. The Hall–Kier alpha value is -2.99. The van der Waals surface area contributed by atoms with Crippen LogP contribution >= 0.6 is 0 Å². The summed E-state index contributed by atoms with van der Waals surface area (Å²) in [6.45, 7) is 3.13. The fraction of sp³-hybridized carbons (Fsp3) is 0.286. The van der Waals surface area contributed by atoms with Gasteiger partial charge in [0.25, 0.3) is 0 Å². The highest BCUT2D eigenvalue weighted by Gasteiger charge is 2.23. The maximum atomic E-state index is 4.57. The number of hydrogen-bond donors (Lipinski definition) is 1. The molecule has 1 N–H and O–H groups in total. The third kappa shape index (κ3) is 3.24. The lowest BCUT2D eigenvalue weighted by Crippen LogP contribution is -2.32. The molecule has 0 spiro atoms. The minimum Gasteiger partial charge on any atom is -0.360 e. The lowest BCUT2D eigenvalue weighted by Gasteiger charge is -2.31. The molecule has 1 aliphatic heterocycles. The van der Waals surface area contributed by atoms with Crippen molar-refractivity contribution in [3.63, 3.8) is 0 Å². The van der Waals surface area contributed by atoms with E-state index < -0.39 is 0 Å². The quantitative estimate of drug-likeness (QED) is 0.606. The molecule has 0 atom stereocenters. The molecular weight excluding hydrogens is 336 g/mol. The van der Waals surface area contributed by atoms with Gasteiger partial charge in [-0.2, -0.15) is 5.10 Å². The molecule has 1 aliphatic rings. The van der Waals surface area contributed by atoms with Crippen molar-refractivity contribution in [3.8, 4) is 5.82 Å². The maximum Gasteiger partial charge on any atom is 0.153 e. The predicted octanol–water partition coefficient (Wildman–Crippen LogP) is 3.52. The molecule has 1 saturated heterocycles. The molecule has 6 heteroatoms. The number of rotatable bonds is 4. The second-order valence-electron chi connectivity index (χ2n) is 7.18. The second kappa shape index (κ2) is 6.96. The SMILES string of the molecule is c1ccc(-n2cc(CN3CCC(c4c[nH]c5cccnc45)CC3)cn2)nc1. The number of piperidine rings is 1. The molecule has 0 radical (unpaired) electrons. The van der Waals surface area contributed by atoms with Gasteiger partial charge in [-0.1, -0.05) is 6.07 Å². The summed E-state index contributed by atoms with van der Waals surface area (Å²) in [6.07, 6.45) is 12.2. The Balaban J connectivity index is 1.23. The van der Waals surface area contributed by atoms with Gasteiger partial charge in [-0.3, -0.25) is 9.88 Å². The summed E-state index contributed by atoms with van der Waals surface area (Å²) in [4.78, 5) is 14.8. The fourth-order valence-electron chi connectivity index (χ4n) is 4.00. The molecule has 0 saturated carbocycles. The number of pyridine rings is 2. The number of nitrogens with zero attached hydrogens (tertiary/aromatic N) is 5. The molecule has 0 aromatic carbocycles. The van der Waals surface area contributed by atoms with Gasteiger partial charge in [-0.25, -0.2) is 9.67 Å². The van der Waals surface area contributed by atoms with E-state index in [1.165, 1.54) is 11.1 Å². The molecule has 0 unspecified atom stereocenters. The molecule has 27 heavy (non-hydrogen) atoms. The van der Waals surface area contributed by atoms with Crippen molar-refractivity contribution < 1.29 is 0 Å². The first-order valence-electron chi connectivity index (χ1n) is 9.46. The van der Waals surface area contributed by atoms with Crippen molar-refractivity contribution in [3.05, 3.63) is 72.4 Å². The normalized spacial score (nSPS) is 16.1. The van der Waals surface area contributed by atoms with E-state index in [1.807, 2.05) is 41.3 Å². The Morgan fingerprint density at radius 3 is 2.78 bits per heavy atom. The minimum atomic E-state index is 0.584. The van der Waals surface area contributed by atoms with Crippen molar-refractivity contribution in [1.29, 1.82) is 0 Å². The number of hydrogen-bond acceptors (Lipinski definition) is 4. The van der Waals surface area contributed by atoms with Gasteiger partial charge in [-0.15, -0.1) is 0 Å². The number of aromatic amines is 1. The lowest BCUT2D eigenvalue weighted by atomic mass is 9.90. The summed E-state index contributed by atoms with van der Waals surface area (Å²) in [5.41, 5.74) is 4.87. The van der Waals surface area contributed by atoms with Gasteiger partial charge < -0.3 is 4.98 Å². The van der Waals surface area contributed by atoms with Crippen molar-refractivity contribution >= 4 is 11.0 Å². The number of nitrogens with one attached hydrogen (secondary N) is 1. The van der Waals surface area contributed by atoms with E-state index in [2.05, 4.69) is 43.4 Å². The van der Waals surface area contributed by atoms with E-state index in [4.69, 9.17) is 0 Å². The Labute approximate surface area is 157 Å². The van der Waals surface area contributed by atoms with Crippen LogP contribution in [0.5, 0.6) is 0 Å². The maximum absolute atomic E-state index is 4.57. The average Bonchev–Trinajstić information content (AvgIpc) is 3.37. The third-order valence-electron chi connectivity index (χ3n) is 5.42. The first-order valence-corrected chi connectivity index (χ1v) is 9.46. The van der Waals surface area contributed by atoms with Crippen LogP contribution in [-0.4, -0.2) is 42.7 Å².